The van der Waals surface area contributed by atoms with Gasteiger partial charge in [-0.05, 0) is 54.2 Å². The monoisotopic (exact) mass is 496 g/mol. The fourth-order valence-corrected chi connectivity index (χ4v) is 7.52. The molecule has 180 valence electrons. The van der Waals surface area contributed by atoms with Crippen molar-refractivity contribution in [2.24, 2.45) is 11.3 Å². The lowest BCUT2D eigenvalue weighted by Gasteiger charge is -2.29. The zero-order chi connectivity index (χ0) is 24.0. The third kappa shape index (κ3) is 4.52. The van der Waals surface area contributed by atoms with Crippen LogP contribution in [0.15, 0.2) is 24.3 Å². The Morgan fingerprint density at radius 3 is 2.41 bits per heavy atom. The normalized spacial score (nSPS) is 17.4. The number of hydrogen-bond acceptors (Lipinski definition) is 7. The fourth-order valence-electron chi connectivity index (χ4n) is 5.07. The molecule has 0 atom stereocenters. The van der Waals surface area contributed by atoms with Gasteiger partial charge in [0.1, 0.15) is 0 Å². The van der Waals surface area contributed by atoms with Crippen LogP contribution in [0.3, 0.4) is 0 Å². The number of aromatic nitrogens is 1. The molecule has 1 aliphatic carbocycles. The number of nitrogens with two attached hydrogens (primary N) is 1. The van der Waals surface area contributed by atoms with Gasteiger partial charge in [-0.2, -0.15) is 0 Å². The van der Waals surface area contributed by atoms with Gasteiger partial charge in [0, 0.05) is 29.9 Å². The molecule has 2 aromatic heterocycles. The number of hydrogen-bond donors (Lipinski definition) is 2. The number of aryl methyl sites for hydroxylation is 1. The van der Waals surface area contributed by atoms with Gasteiger partial charge in [-0.25, -0.2) is 14.8 Å². The number of nitrogens with zero attached hydrogens (tertiary/aromatic N) is 3. The molecule has 1 aromatic carbocycles. The molecule has 3 aromatic rings. The molecule has 0 radical (unpaired) electrons. The van der Waals surface area contributed by atoms with Crippen LogP contribution in [0.4, 0.5) is 5.13 Å². The number of anilines is 1. The van der Waals surface area contributed by atoms with Crippen molar-refractivity contribution in [3.05, 3.63) is 46.0 Å². The average Bonchev–Trinajstić information content (AvgIpc) is 3.51. The Labute approximate surface area is 209 Å². The number of benzene rings is 1. The van der Waals surface area contributed by atoms with Gasteiger partial charge in [-0.15, -0.1) is 11.3 Å². The number of carbonyl (C=O) groups is 1. The van der Waals surface area contributed by atoms with Crippen molar-refractivity contribution in [3.8, 4) is 20.9 Å². The molecule has 1 aliphatic heterocycles. The van der Waals surface area contributed by atoms with E-state index in [1.165, 1.54) is 17.7 Å². The Bertz CT molecular complexity index is 1200. The Hall–Kier alpha value is -2.26. The summed E-state index contributed by atoms with van der Waals surface area (Å²) in [4.78, 5) is 22.8. The minimum Gasteiger partial charge on any atom is -0.478 e. The van der Waals surface area contributed by atoms with Crippen molar-refractivity contribution >= 4 is 33.8 Å². The Kier molecular flexibility index (Phi) is 6.27. The van der Waals surface area contributed by atoms with Gasteiger partial charge in [0.2, 0.25) is 0 Å². The number of hydrazine groups is 1. The summed E-state index contributed by atoms with van der Waals surface area (Å²) in [7, 11) is 1.86. The average molecular weight is 497 g/mol. The predicted molar refractivity (Wildman–Crippen MR) is 141 cm³/mol. The van der Waals surface area contributed by atoms with Crippen LogP contribution < -0.4 is 10.7 Å². The molecule has 0 amide bonds. The van der Waals surface area contributed by atoms with Gasteiger partial charge < -0.3 is 10.0 Å². The lowest BCUT2D eigenvalue weighted by atomic mass is 9.76. The third-order valence-corrected chi connectivity index (χ3v) is 9.41. The van der Waals surface area contributed by atoms with Crippen molar-refractivity contribution in [1.29, 1.82) is 0 Å². The van der Waals surface area contributed by atoms with Crippen LogP contribution in [0.2, 0.25) is 0 Å². The van der Waals surface area contributed by atoms with Crippen molar-refractivity contribution < 1.29 is 9.90 Å². The smallest absolute Gasteiger partial charge is 0.337 e. The Morgan fingerprint density at radius 1 is 1.15 bits per heavy atom. The highest BCUT2D eigenvalue weighted by molar-refractivity contribution is 7.19. The topological polar surface area (TPSA) is 82.7 Å². The Balaban J connectivity index is 1.51. The van der Waals surface area contributed by atoms with Crippen molar-refractivity contribution in [3.63, 3.8) is 0 Å². The quantitative estimate of drug-likeness (QED) is 0.339. The summed E-state index contributed by atoms with van der Waals surface area (Å²) in [6, 6.07) is 8.33. The summed E-state index contributed by atoms with van der Waals surface area (Å²) in [5.74, 6) is 5.16. The second-order valence-corrected chi connectivity index (χ2v) is 12.4. The predicted octanol–water partition coefficient (Wildman–Crippen LogP) is 5.66. The lowest BCUT2D eigenvalue weighted by molar-refractivity contribution is 0.0696. The number of rotatable bonds is 6. The first-order valence-corrected chi connectivity index (χ1v) is 13.5. The molecule has 0 unspecified atom stereocenters. The van der Waals surface area contributed by atoms with Crippen molar-refractivity contribution in [2.45, 2.75) is 52.5 Å². The molecule has 6 nitrogen and oxygen atoms in total. The maximum absolute atomic E-state index is 12.3. The maximum atomic E-state index is 12.3. The van der Waals surface area contributed by atoms with Crippen LogP contribution in [0, 0.1) is 5.41 Å². The minimum absolute atomic E-state index is 0.144. The van der Waals surface area contributed by atoms with Gasteiger partial charge in [0.15, 0.2) is 5.13 Å². The van der Waals surface area contributed by atoms with Crippen LogP contribution in [0.25, 0.3) is 20.9 Å². The summed E-state index contributed by atoms with van der Waals surface area (Å²) in [5.41, 5.74) is 4.75. The highest BCUT2D eigenvalue weighted by Crippen LogP contribution is 2.45. The van der Waals surface area contributed by atoms with Crippen molar-refractivity contribution in [2.75, 3.05) is 25.0 Å². The molecule has 0 bridgehead atoms. The van der Waals surface area contributed by atoms with E-state index in [4.69, 9.17) is 10.8 Å². The van der Waals surface area contributed by atoms with Crippen LogP contribution in [0.1, 0.15) is 59.6 Å². The highest BCUT2D eigenvalue weighted by Gasteiger charge is 2.33. The third-order valence-electron chi connectivity index (χ3n) is 6.86. The second-order valence-electron chi connectivity index (χ2n) is 10.3. The largest absolute Gasteiger partial charge is 0.478 e. The molecule has 0 saturated carbocycles. The summed E-state index contributed by atoms with van der Waals surface area (Å²) in [6.45, 7) is 7.16. The molecule has 3 heterocycles. The molecule has 0 spiro atoms. The van der Waals surface area contributed by atoms with Gasteiger partial charge >= 0.3 is 5.97 Å². The molecule has 3 N–H and O–H groups in total. The molecule has 1 saturated heterocycles. The van der Waals surface area contributed by atoms with Gasteiger partial charge in [-0.1, -0.05) is 49.4 Å². The fraction of sp³-hybridized carbons (Fsp3) is 0.462. The van der Waals surface area contributed by atoms with E-state index in [2.05, 4.69) is 43.0 Å². The van der Waals surface area contributed by atoms with E-state index in [1.807, 2.05) is 7.05 Å². The second kappa shape index (κ2) is 9.07. The number of aromatic carboxylic acids is 1. The van der Waals surface area contributed by atoms with Crippen LogP contribution in [-0.2, 0) is 19.4 Å². The zero-order valence-corrected chi connectivity index (χ0v) is 21.7. The van der Waals surface area contributed by atoms with E-state index in [-0.39, 0.29) is 5.41 Å². The minimum atomic E-state index is -0.819. The SMILES string of the molecule is CN(N)Cc1nc(N2CCCC2)sc1-c1ccc(-c2sc3c(c2C(=O)O)CC(C)(C)CC3)cc1. The molecule has 34 heavy (non-hydrogen) atoms. The highest BCUT2D eigenvalue weighted by atomic mass is 32.1. The first-order valence-electron chi connectivity index (χ1n) is 11.9. The van der Waals surface area contributed by atoms with E-state index in [1.54, 1.807) is 27.7 Å². The van der Waals surface area contributed by atoms with Crippen molar-refractivity contribution in [1.82, 2.24) is 9.99 Å². The first kappa shape index (κ1) is 23.5. The summed E-state index contributed by atoms with van der Waals surface area (Å²) >= 11 is 3.38. The number of thiophene rings is 1. The first-order chi connectivity index (χ1) is 16.2. The number of carboxylic acids is 1. The summed E-state index contributed by atoms with van der Waals surface area (Å²) in [6.07, 6.45) is 5.31. The molecule has 1 fully saturated rings. The lowest BCUT2D eigenvalue weighted by Crippen LogP contribution is -2.25. The van der Waals surface area contributed by atoms with E-state index in [0.717, 1.165) is 69.6 Å². The summed E-state index contributed by atoms with van der Waals surface area (Å²) < 4.78 is 0. The van der Waals surface area contributed by atoms with Crippen LogP contribution >= 0.6 is 22.7 Å². The molecule has 8 heteroatoms. The van der Waals surface area contributed by atoms with E-state index >= 15 is 0 Å². The zero-order valence-electron chi connectivity index (χ0n) is 20.1. The van der Waals surface area contributed by atoms with Crippen LogP contribution in [0.5, 0.6) is 0 Å². The van der Waals surface area contributed by atoms with E-state index < -0.39 is 5.97 Å². The molecular formula is C26H32N4O2S2. The maximum Gasteiger partial charge on any atom is 0.337 e. The van der Waals surface area contributed by atoms with Crippen LogP contribution in [-0.4, -0.2) is 41.2 Å². The Morgan fingerprint density at radius 2 is 1.79 bits per heavy atom. The standard InChI is InChI=1S/C26H32N4O2S2/c1-26(2)11-10-20-18(14-26)21(24(31)32)23(33-20)17-8-6-16(7-9-17)22-19(15-29(3)27)28-25(34-22)30-12-4-5-13-30/h6-9H,4-5,10-15,27H2,1-3H3,(H,31,32). The molecule has 2 aliphatic rings. The van der Waals surface area contributed by atoms with Gasteiger partial charge in [-0.3, -0.25) is 5.84 Å². The van der Waals surface area contributed by atoms with E-state index in [9.17, 15) is 9.90 Å². The summed E-state index contributed by atoms with van der Waals surface area (Å²) in [5, 5.41) is 12.8. The van der Waals surface area contributed by atoms with Gasteiger partial charge in [0.25, 0.3) is 0 Å². The molecule has 5 rings (SSSR count). The van der Waals surface area contributed by atoms with E-state index in [0.29, 0.717) is 12.1 Å². The van der Waals surface area contributed by atoms with Gasteiger partial charge in [0.05, 0.1) is 22.7 Å². The molecular weight excluding hydrogens is 464 g/mol. The number of thiazole rings is 1. The number of carboxylic acid groups (broad SMARTS) is 1. The number of fused-ring (bicyclic) bond motifs is 1.